The number of carbonyl (C=O) groups is 2. The van der Waals surface area contributed by atoms with Crippen molar-refractivity contribution in [3.05, 3.63) is 28.2 Å². The summed E-state index contributed by atoms with van der Waals surface area (Å²) in [6.07, 6.45) is 0.623. The third-order valence-corrected chi connectivity index (χ3v) is 4.94. The van der Waals surface area contributed by atoms with Crippen LogP contribution in [0.25, 0.3) is 0 Å². The van der Waals surface area contributed by atoms with Gasteiger partial charge in [0.05, 0.1) is 11.3 Å². The smallest absolute Gasteiger partial charge is 0.235 e. The zero-order valence-corrected chi connectivity index (χ0v) is 13.2. The van der Waals surface area contributed by atoms with Crippen LogP contribution in [0, 0.1) is 5.92 Å². The number of benzene rings is 1. The van der Waals surface area contributed by atoms with Gasteiger partial charge in [-0.25, -0.2) is 0 Å². The third kappa shape index (κ3) is 1.72. The maximum absolute atomic E-state index is 12.5. The van der Waals surface area contributed by atoms with Crippen molar-refractivity contribution < 1.29 is 9.59 Å². The van der Waals surface area contributed by atoms with Crippen LogP contribution < -0.4 is 5.32 Å². The second-order valence-electron chi connectivity index (χ2n) is 5.38. The highest BCUT2D eigenvalue weighted by molar-refractivity contribution is 9.10. The second kappa shape index (κ2) is 4.58. The van der Waals surface area contributed by atoms with Gasteiger partial charge in [0.1, 0.15) is 0 Å². The van der Waals surface area contributed by atoms with Crippen molar-refractivity contribution in [3.8, 4) is 0 Å². The summed E-state index contributed by atoms with van der Waals surface area (Å²) in [6.45, 7) is 5.31. The van der Waals surface area contributed by atoms with Crippen molar-refractivity contribution in [3.63, 3.8) is 0 Å². The van der Waals surface area contributed by atoms with Crippen molar-refractivity contribution in [2.24, 2.45) is 5.92 Å². The lowest BCUT2D eigenvalue weighted by Crippen LogP contribution is -2.35. The van der Waals surface area contributed by atoms with Gasteiger partial charge in [0, 0.05) is 23.2 Å². The Morgan fingerprint density at radius 2 is 2.15 bits per heavy atom. The van der Waals surface area contributed by atoms with E-state index in [0.29, 0.717) is 19.5 Å². The fourth-order valence-corrected chi connectivity index (χ4v) is 3.58. The van der Waals surface area contributed by atoms with Crippen LogP contribution in [0.1, 0.15) is 25.8 Å². The Hall–Kier alpha value is -1.36. The van der Waals surface area contributed by atoms with Gasteiger partial charge in [0.2, 0.25) is 11.8 Å². The minimum absolute atomic E-state index is 0.0314. The second-order valence-corrected chi connectivity index (χ2v) is 6.30. The first kappa shape index (κ1) is 13.6. The first-order valence-electron chi connectivity index (χ1n) is 6.94. The monoisotopic (exact) mass is 336 g/mol. The van der Waals surface area contributed by atoms with Gasteiger partial charge < -0.3 is 10.2 Å². The first-order valence-corrected chi connectivity index (χ1v) is 7.74. The molecule has 2 unspecified atom stereocenters. The Labute approximate surface area is 126 Å². The number of halogens is 1. The van der Waals surface area contributed by atoms with Crippen LogP contribution in [-0.2, 0) is 15.0 Å². The van der Waals surface area contributed by atoms with E-state index in [1.54, 1.807) is 0 Å². The van der Waals surface area contributed by atoms with Gasteiger partial charge >= 0.3 is 0 Å². The van der Waals surface area contributed by atoms with Crippen LogP contribution in [0.15, 0.2) is 22.7 Å². The van der Waals surface area contributed by atoms with E-state index in [4.69, 9.17) is 0 Å². The van der Waals surface area contributed by atoms with Crippen LogP contribution in [0.5, 0.6) is 0 Å². The molecule has 1 saturated carbocycles. The van der Waals surface area contributed by atoms with E-state index in [0.717, 1.165) is 15.7 Å². The molecule has 1 heterocycles. The van der Waals surface area contributed by atoms with Gasteiger partial charge in [0.25, 0.3) is 0 Å². The largest absolute Gasteiger partial charge is 0.343 e. The van der Waals surface area contributed by atoms with Crippen molar-refractivity contribution in [1.82, 2.24) is 4.90 Å². The molecule has 0 saturated heterocycles. The van der Waals surface area contributed by atoms with Crippen LogP contribution in [0.4, 0.5) is 5.69 Å². The maximum Gasteiger partial charge on any atom is 0.235 e. The number of carbonyl (C=O) groups excluding carboxylic acids is 2. The summed E-state index contributed by atoms with van der Waals surface area (Å²) >= 11 is 3.44. The van der Waals surface area contributed by atoms with Crippen LogP contribution >= 0.6 is 15.9 Å². The van der Waals surface area contributed by atoms with E-state index in [-0.39, 0.29) is 17.7 Å². The normalized spacial score (nSPS) is 26.4. The molecule has 4 nitrogen and oxygen atoms in total. The molecule has 2 amide bonds. The van der Waals surface area contributed by atoms with Crippen molar-refractivity contribution in [1.29, 1.82) is 0 Å². The minimum atomic E-state index is -0.626. The lowest BCUT2D eigenvalue weighted by molar-refractivity contribution is -0.134. The van der Waals surface area contributed by atoms with Gasteiger partial charge in [-0.15, -0.1) is 0 Å². The fraction of sp³-hybridized carbons (Fsp3) is 0.467. The summed E-state index contributed by atoms with van der Waals surface area (Å²) in [5.74, 6) is -0.146. The Bertz CT molecular complexity index is 598. The predicted molar refractivity (Wildman–Crippen MR) is 80.5 cm³/mol. The zero-order chi connectivity index (χ0) is 14.5. The van der Waals surface area contributed by atoms with E-state index in [1.165, 1.54) is 0 Å². The van der Waals surface area contributed by atoms with Crippen molar-refractivity contribution >= 4 is 33.4 Å². The maximum atomic E-state index is 12.5. The SMILES string of the molecule is CCN(CC)C(=O)C1CC12C(=O)Nc1ccc(Br)cc12. The fourth-order valence-electron chi connectivity index (χ4n) is 3.22. The molecule has 0 radical (unpaired) electrons. The number of fused-ring (bicyclic) bond motifs is 2. The molecule has 0 aromatic heterocycles. The molecule has 1 aliphatic carbocycles. The summed E-state index contributed by atoms with van der Waals surface area (Å²) in [7, 11) is 0. The lowest BCUT2D eigenvalue weighted by atomic mass is 9.94. The Morgan fingerprint density at radius 3 is 2.80 bits per heavy atom. The average molecular weight is 337 g/mol. The van der Waals surface area contributed by atoms with Crippen LogP contribution in [-0.4, -0.2) is 29.8 Å². The number of anilines is 1. The number of rotatable bonds is 3. The number of hydrogen-bond donors (Lipinski definition) is 1. The lowest BCUT2D eigenvalue weighted by Gasteiger charge is -2.20. The van der Waals surface area contributed by atoms with E-state index in [1.807, 2.05) is 36.9 Å². The molecule has 0 bridgehead atoms. The number of nitrogens with zero attached hydrogens (tertiary/aromatic N) is 1. The molecule has 1 fully saturated rings. The predicted octanol–water partition coefficient (Wildman–Crippen LogP) is 2.53. The molecular formula is C15H17BrN2O2. The topological polar surface area (TPSA) is 49.4 Å². The molecule has 20 heavy (non-hydrogen) atoms. The Morgan fingerprint density at radius 1 is 1.45 bits per heavy atom. The molecule has 5 heteroatoms. The highest BCUT2D eigenvalue weighted by atomic mass is 79.9. The standard InChI is InChI=1S/C15H17BrN2O2/c1-3-18(4-2)13(19)11-8-15(11)10-7-9(16)5-6-12(10)17-14(15)20/h5-7,11H,3-4,8H2,1-2H3,(H,17,20). The van der Waals surface area contributed by atoms with Gasteiger partial charge in [-0.05, 0) is 44.0 Å². The van der Waals surface area contributed by atoms with Gasteiger partial charge in [-0.1, -0.05) is 15.9 Å². The molecule has 1 spiro atoms. The van der Waals surface area contributed by atoms with Crippen LogP contribution in [0.3, 0.4) is 0 Å². The Kier molecular flexibility index (Phi) is 3.12. The molecule has 1 aliphatic heterocycles. The van der Waals surface area contributed by atoms with E-state index < -0.39 is 5.41 Å². The molecular weight excluding hydrogens is 320 g/mol. The van der Waals surface area contributed by atoms with Gasteiger partial charge in [0.15, 0.2) is 0 Å². The Balaban J connectivity index is 1.95. The number of hydrogen-bond acceptors (Lipinski definition) is 2. The molecule has 1 N–H and O–H groups in total. The summed E-state index contributed by atoms with van der Waals surface area (Å²) in [5.41, 5.74) is 1.18. The number of amides is 2. The summed E-state index contributed by atoms with van der Waals surface area (Å²) < 4.78 is 0.938. The van der Waals surface area contributed by atoms with Crippen molar-refractivity contribution in [2.75, 3.05) is 18.4 Å². The summed E-state index contributed by atoms with van der Waals surface area (Å²) in [5, 5.41) is 2.91. The van der Waals surface area contributed by atoms with E-state index in [2.05, 4.69) is 21.2 Å². The highest BCUT2D eigenvalue weighted by Gasteiger charge is 2.68. The quantitative estimate of drug-likeness (QED) is 0.921. The molecule has 3 rings (SSSR count). The average Bonchev–Trinajstić information content (AvgIpc) is 3.12. The first-order chi connectivity index (χ1) is 9.54. The number of nitrogens with one attached hydrogen (secondary N) is 1. The molecule has 2 aliphatic rings. The summed E-state index contributed by atoms with van der Waals surface area (Å²) in [4.78, 5) is 26.7. The van der Waals surface area contributed by atoms with Gasteiger partial charge in [-0.2, -0.15) is 0 Å². The van der Waals surface area contributed by atoms with Crippen molar-refractivity contribution in [2.45, 2.75) is 25.7 Å². The third-order valence-electron chi connectivity index (χ3n) is 4.45. The zero-order valence-electron chi connectivity index (χ0n) is 11.6. The van der Waals surface area contributed by atoms with Gasteiger partial charge in [-0.3, -0.25) is 9.59 Å². The van der Waals surface area contributed by atoms with E-state index >= 15 is 0 Å². The molecule has 2 atom stereocenters. The minimum Gasteiger partial charge on any atom is -0.343 e. The summed E-state index contributed by atoms with van der Waals surface area (Å²) in [6, 6.07) is 5.76. The van der Waals surface area contributed by atoms with E-state index in [9.17, 15) is 9.59 Å². The van der Waals surface area contributed by atoms with Crippen LogP contribution in [0.2, 0.25) is 0 Å². The molecule has 1 aromatic rings. The highest BCUT2D eigenvalue weighted by Crippen LogP contribution is 2.60. The molecule has 106 valence electrons. The molecule has 1 aromatic carbocycles.